The minimum Gasteiger partial charge on any atom is -0.377 e. The lowest BCUT2D eigenvalue weighted by Gasteiger charge is -2.17. The second-order valence-corrected chi connectivity index (χ2v) is 6.63. The largest absolute Gasteiger partial charge is 0.377 e. The van der Waals surface area contributed by atoms with E-state index in [-0.39, 0.29) is 11.4 Å². The molecule has 11 heteroatoms. The second-order valence-electron chi connectivity index (χ2n) is 5.99. The SMILES string of the molecule is CN(CCOCCOCCOCCOCc1cn[nH]n1)C(=O)CCCC(=O)P. The van der Waals surface area contributed by atoms with E-state index in [0.29, 0.717) is 78.7 Å². The maximum atomic E-state index is 11.8. The number of likely N-dealkylation sites (N-methyl/N-ethyl adjacent to an activating group) is 1. The Kier molecular flexibility index (Phi) is 14.5. The normalized spacial score (nSPS) is 10.9. The summed E-state index contributed by atoms with van der Waals surface area (Å²) >= 11 is 0. The van der Waals surface area contributed by atoms with Gasteiger partial charge in [-0.3, -0.25) is 9.59 Å². The molecule has 0 aliphatic rings. The number of H-pyrrole nitrogens is 1. The number of amides is 1. The molecule has 1 aromatic rings. The van der Waals surface area contributed by atoms with Crippen LogP contribution in [0.2, 0.25) is 0 Å². The monoisotopic (exact) mass is 418 g/mol. The average Bonchev–Trinajstić information content (AvgIpc) is 3.18. The Balaban J connectivity index is 1.79. The van der Waals surface area contributed by atoms with Crippen molar-refractivity contribution in [3.05, 3.63) is 11.9 Å². The van der Waals surface area contributed by atoms with Crippen molar-refractivity contribution in [1.29, 1.82) is 0 Å². The first-order valence-corrected chi connectivity index (χ1v) is 9.85. The summed E-state index contributed by atoms with van der Waals surface area (Å²) in [6, 6.07) is 0. The van der Waals surface area contributed by atoms with Gasteiger partial charge in [0, 0.05) is 26.4 Å². The van der Waals surface area contributed by atoms with Gasteiger partial charge >= 0.3 is 0 Å². The third-order valence-corrected chi connectivity index (χ3v) is 3.93. The average molecular weight is 418 g/mol. The first-order valence-electron chi connectivity index (χ1n) is 9.27. The summed E-state index contributed by atoms with van der Waals surface area (Å²) in [5, 5.41) is 10.1. The third-order valence-electron chi connectivity index (χ3n) is 3.64. The van der Waals surface area contributed by atoms with E-state index < -0.39 is 0 Å². The van der Waals surface area contributed by atoms with Gasteiger partial charge in [-0.05, 0) is 6.42 Å². The van der Waals surface area contributed by atoms with Crippen molar-refractivity contribution < 1.29 is 28.5 Å². The molecule has 1 rings (SSSR count). The zero-order valence-corrected chi connectivity index (χ0v) is 17.6. The van der Waals surface area contributed by atoms with Gasteiger partial charge in [-0.1, -0.05) is 9.24 Å². The van der Waals surface area contributed by atoms with Crippen molar-refractivity contribution in [3.8, 4) is 0 Å². The van der Waals surface area contributed by atoms with Gasteiger partial charge in [0.2, 0.25) is 5.91 Å². The van der Waals surface area contributed by atoms with Crippen LogP contribution in [0.1, 0.15) is 25.0 Å². The molecular formula is C17H31N4O6P. The highest BCUT2D eigenvalue weighted by Crippen LogP contribution is 2.03. The number of rotatable bonds is 18. The smallest absolute Gasteiger partial charge is 0.222 e. The molecule has 1 N–H and O–H groups in total. The van der Waals surface area contributed by atoms with Crippen LogP contribution in [0.25, 0.3) is 0 Å². The van der Waals surface area contributed by atoms with Crippen LogP contribution in [0.4, 0.5) is 0 Å². The van der Waals surface area contributed by atoms with E-state index in [1.165, 1.54) is 0 Å². The first-order chi connectivity index (χ1) is 13.6. The van der Waals surface area contributed by atoms with Crippen LogP contribution in [0, 0.1) is 0 Å². The Morgan fingerprint density at radius 3 is 2.18 bits per heavy atom. The van der Waals surface area contributed by atoms with Crippen LogP contribution in [0.5, 0.6) is 0 Å². The summed E-state index contributed by atoms with van der Waals surface area (Å²) < 4.78 is 21.6. The first kappa shape index (κ1) is 24.6. The quantitative estimate of drug-likeness (QED) is 0.269. The predicted molar refractivity (Wildman–Crippen MR) is 105 cm³/mol. The van der Waals surface area contributed by atoms with Crippen LogP contribution < -0.4 is 0 Å². The van der Waals surface area contributed by atoms with Gasteiger partial charge in [0.1, 0.15) is 11.2 Å². The topological polar surface area (TPSA) is 116 Å². The van der Waals surface area contributed by atoms with Crippen molar-refractivity contribution in [1.82, 2.24) is 20.3 Å². The van der Waals surface area contributed by atoms with Gasteiger partial charge in [-0.25, -0.2) is 0 Å². The minimum atomic E-state index is 0.0215. The Morgan fingerprint density at radius 2 is 1.61 bits per heavy atom. The fourth-order valence-corrected chi connectivity index (χ4v) is 2.27. The number of hydrogen-bond acceptors (Lipinski definition) is 8. The molecule has 1 heterocycles. The van der Waals surface area contributed by atoms with Crippen molar-refractivity contribution in [2.24, 2.45) is 0 Å². The number of nitrogens with zero attached hydrogens (tertiary/aromatic N) is 3. The molecular weight excluding hydrogens is 387 g/mol. The zero-order chi connectivity index (χ0) is 20.5. The number of nitrogens with one attached hydrogen (secondary N) is 1. The minimum absolute atomic E-state index is 0.0215. The maximum absolute atomic E-state index is 11.8. The summed E-state index contributed by atoms with van der Waals surface area (Å²) in [6.45, 7) is 4.26. The van der Waals surface area contributed by atoms with Gasteiger partial charge in [0.15, 0.2) is 0 Å². The molecule has 0 aliphatic heterocycles. The van der Waals surface area contributed by atoms with Gasteiger partial charge in [0.25, 0.3) is 0 Å². The highest BCUT2D eigenvalue weighted by molar-refractivity contribution is 7.40. The van der Waals surface area contributed by atoms with E-state index in [0.717, 1.165) is 5.69 Å². The van der Waals surface area contributed by atoms with E-state index in [1.54, 1.807) is 18.1 Å². The Morgan fingerprint density at radius 1 is 1.00 bits per heavy atom. The fourth-order valence-electron chi connectivity index (χ4n) is 2.06. The fraction of sp³-hybridized carbons (Fsp3) is 0.765. The maximum Gasteiger partial charge on any atom is 0.222 e. The van der Waals surface area contributed by atoms with Gasteiger partial charge in [-0.15, -0.1) is 0 Å². The van der Waals surface area contributed by atoms with E-state index in [9.17, 15) is 9.59 Å². The molecule has 0 aliphatic carbocycles. The highest BCUT2D eigenvalue weighted by Gasteiger charge is 2.08. The zero-order valence-electron chi connectivity index (χ0n) is 16.4. The van der Waals surface area contributed by atoms with Crippen LogP contribution >= 0.6 is 9.24 Å². The molecule has 0 aromatic carbocycles. The van der Waals surface area contributed by atoms with Crippen molar-refractivity contribution in [3.63, 3.8) is 0 Å². The number of carbonyl (C=O) groups excluding carboxylic acids is 2. The lowest BCUT2D eigenvalue weighted by Crippen LogP contribution is -2.30. The van der Waals surface area contributed by atoms with E-state index in [2.05, 4.69) is 24.7 Å². The standard InChI is InChI=1S/C17H31N4O6P/c1-21(16(22)3-2-4-17(23)28)5-6-24-7-8-25-9-10-26-11-12-27-14-15-13-18-20-19-15/h13H,2-12,14,28H2,1H3,(H,18,19,20). The van der Waals surface area contributed by atoms with Crippen LogP contribution in [0.3, 0.4) is 0 Å². The molecule has 0 bridgehead atoms. The Hall–Kier alpha value is -1.45. The molecule has 0 spiro atoms. The summed E-state index contributed by atoms with van der Waals surface area (Å²) in [5.74, 6) is 0.0215. The number of ether oxygens (including phenoxy) is 4. The lowest BCUT2D eigenvalue weighted by molar-refractivity contribution is -0.130. The molecule has 0 fully saturated rings. The summed E-state index contributed by atoms with van der Waals surface area (Å²) in [6.07, 6.45) is 2.99. The van der Waals surface area contributed by atoms with E-state index in [4.69, 9.17) is 18.9 Å². The van der Waals surface area contributed by atoms with Crippen molar-refractivity contribution in [2.45, 2.75) is 25.9 Å². The Labute approximate surface area is 167 Å². The van der Waals surface area contributed by atoms with Crippen LogP contribution in [0.15, 0.2) is 6.20 Å². The van der Waals surface area contributed by atoms with Crippen molar-refractivity contribution >= 4 is 20.7 Å². The molecule has 0 saturated carbocycles. The number of aromatic amines is 1. The molecule has 1 amide bonds. The lowest BCUT2D eigenvalue weighted by atomic mass is 10.2. The molecule has 0 radical (unpaired) electrons. The number of aromatic nitrogens is 3. The molecule has 28 heavy (non-hydrogen) atoms. The number of hydrogen-bond donors (Lipinski definition) is 1. The van der Waals surface area contributed by atoms with Crippen LogP contribution in [-0.4, -0.2) is 91.6 Å². The molecule has 1 unspecified atom stereocenters. The molecule has 1 atom stereocenters. The predicted octanol–water partition coefficient (Wildman–Crippen LogP) is 0.401. The van der Waals surface area contributed by atoms with Gasteiger partial charge in [-0.2, -0.15) is 15.4 Å². The summed E-state index contributed by atoms with van der Waals surface area (Å²) in [7, 11) is 3.85. The molecule has 160 valence electrons. The van der Waals surface area contributed by atoms with Gasteiger partial charge in [0.05, 0.1) is 59.1 Å². The van der Waals surface area contributed by atoms with Gasteiger partial charge < -0.3 is 23.8 Å². The molecule has 1 aromatic heterocycles. The third kappa shape index (κ3) is 13.7. The Bertz CT molecular complexity index is 532. The molecule has 0 saturated heterocycles. The number of carbonyl (C=O) groups is 2. The summed E-state index contributed by atoms with van der Waals surface area (Å²) in [5.41, 5.74) is 0.784. The van der Waals surface area contributed by atoms with Crippen LogP contribution in [-0.2, 0) is 35.1 Å². The van der Waals surface area contributed by atoms with E-state index in [1.807, 2.05) is 0 Å². The second kappa shape index (κ2) is 16.5. The highest BCUT2D eigenvalue weighted by atomic mass is 31.0. The summed E-state index contributed by atoms with van der Waals surface area (Å²) in [4.78, 5) is 24.3. The molecule has 10 nitrogen and oxygen atoms in total. The van der Waals surface area contributed by atoms with E-state index >= 15 is 0 Å². The van der Waals surface area contributed by atoms with Crippen molar-refractivity contribution in [2.75, 3.05) is 59.8 Å².